The maximum absolute atomic E-state index is 13.1. The van der Waals surface area contributed by atoms with Crippen molar-refractivity contribution in [3.8, 4) is 0 Å². The molecular formula is C26H22N2O3. The van der Waals surface area contributed by atoms with E-state index < -0.39 is 0 Å². The molecule has 0 spiro atoms. The zero-order chi connectivity index (χ0) is 21.4. The second kappa shape index (κ2) is 7.84. The minimum atomic E-state index is -0.313. The number of aryl methyl sites for hydroxylation is 2. The van der Waals surface area contributed by atoms with Crippen LogP contribution in [-0.2, 0) is 17.6 Å². The predicted molar refractivity (Wildman–Crippen MR) is 120 cm³/mol. The molecule has 0 saturated carbocycles. The van der Waals surface area contributed by atoms with E-state index in [1.165, 1.54) is 0 Å². The van der Waals surface area contributed by atoms with Crippen LogP contribution in [0, 0.1) is 0 Å². The minimum Gasteiger partial charge on any atom is -0.322 e. The van der Waals surface area contributed by atoms with E-state index in [1.54, 1.807) is 36.4 Å². The Labute approximate surface area is 180 Å². The molecule has 3 aromatic rings. The molecule has 0 atom stereocenters. The summed E-state index contributed by atoms with van der Waals surface area (Å²) in [5.74, 6) is -0.314. The average Bonchev–Trinajstić information content (AvgIpc) is 2.81. The van der Waals surface area contributed by atoms with Crippen LogP contribution in [0.25, 0.3) is 0 Å². The number of anilines is 2. The van der Waals surface area contributed by atoms with E-state index >= 15 is 0 Å². The average molecular weight is 410 g/mol. The molecule has 0 aromatic heterocycles. The number of hydrogen-bond donors (Lipinski definition) is 1. The Morgan fingerprint density at radius 1 is 0.806 bits per heavy atom. The third-order valence-corrected chi connectivity index (χ3v) is 5.98. The van der Waals surface area contributed by atoms with Crippen LogP contribution in [0.1, 0.15) is 50.2 Å². The second-order valence-corrected chi connectivity index (χ2v) is 7.99. The summed E-state index contributed by atoms with van der Waals surface area (Å²) in [6.45, 7) is 0.763. The maximum atomic E-state index is 13.1. The number of nitrogens with one attached hydrogen (secondary N) is 1. The Bertz CT molecular complexity index is 1180. The summed E-state index contributed by atoms with van der Waals surface area (Å²) in [6, 6.07) is 19.8. The fourth-order valence-corrected chi connectivity index (χ4v) is 4.55. The molecule has 0 radical (unpaired) electrons. The lowest BCUT2D eigenvalue weighted by atomic mass is 9.91. The van der Waals surface area contributed by atoms with Crippen LogP contribution in [0.5, 0.6) is 0 Å². The Kier molecular flexibility index (Phi) is 4.86. The lowest BCUT2D eigenvalue weighted by molar-refractivity contribution is -0.119. The molecule has 5 rings (SSSR count). The van der Waals surface area contributed by atoms with Crippen molar-refractivity contribution in [2.24, 2.45) is 0 Å². The Hall–Kier alpha value is -3.73. The van der Waals surface area contributed by atoms with Crippen LogP contribution in [0.3, 0.4) is 0 Å². The van der Waals surface area contributed by atoms with E-state index in [9.17, 15) is 14.4 Å². The fourth-order valence-electron chi connectivity index (χ4n) is 4.55. The first kappa shape index (κ1) is 19.2. The molecule has 0 unspecified atom stereocenters. The van der Waals surface area contributed by atoms with Crippen LogP contribution in [0.4, 0.5) is 11.4 Å². The van der Waals surface area contributed by atoms with Crippen molar-refractivity contribution in [3.63, 3.8) is 0 Å². The summed E-state index contributed by atoms with van der Waals surface area (Å²) in [5.41, 5.74) is 5.20. The van der Waals surface area contributed by atoms with Crippen LogP contribution in [-0.4, -0.2) is 24.1 Å². The summed E-state index contributed by atoms with van der Waals surface area (Å²) >= 11 is 0. The van der Waals surface area contributed by atoms with Gasteiger partial charge in [0.15, 0.2) is 5.78 Å². The Morgan fingerprint density at radius 2 is 1.48 bits per heavy atom. The van der Waals surface area contributed by atoms with Crippen LogP contribution in [0.15, 0.2) is 66.7 Å². The van der Waals surface area contributed by atoms with Gasteiger partial charge < -0.3 is 10.2 Å². The SMILES string of the molecule is O=C(Nc1cc2c3c(c1)CCC(=O)N3CCC2)c1ccccc1C(=O)c1ccccc1. The molecule has 2 heterocycles. The first-order valence-electron chi connectivity index (χ1n) is 10.6. The van der Waals surface area contributed by atoms with Crippen molar-refractivity contribution < 1.29 is 14.4 Å². The molecule has 3 aromatic carbocycles. The lowest BCUT2D eigenvalue weighted by Gasteiger charge is -2.35. The van der Waals surface area contributed by atoms with E-state index in [0.717, 1.165) is 36.2 Å². The van der Waals surface area contributed by atoms with E-state index in [4.69, 9.17) is 0 Å². The van der Waals surface area contributed by atoms with Crippen molar-refractivity contribution in [2.45, 2.75) is 25.7 Å². The molecule has 31 heavy (non-hydrogen) atoms. The number of rotatable bonds is 4. The van der Waals surface area contributed by atoms with E-state index in [2.05, 4.69) is 5.32 Å². The summed E-state index contributed by atoms with van der Waals surface area (Å²) in [5, 5.41) is 2.99. The van der Waals surface area contributed by atoms with Gasteiger partial charge in [0.25, 0.3) is 5.91 Å². The van der Waals surface area contributed by atoms with Crippen LogP contribution >= 0.6 is 0 Å². The molecule has 0 aliphatic carbocycles. The van der Waals surface area contributed by atoms with E-state index in [1.807, 2.05) is 35.2 Å². The standard InChI is InChI=1S/C26H22N2O3/c29-23-13-12-19-16-20(15-18-9-6-14-28(23)24(18)19)27-26(31)22-11-5-4-10-21(22)25(30)17-7-2-1-3-8-17/h1-5,7-8,10-11,15-16H,6,9,12-14H2,(H,27,31). The van der Waals surface area contributed by atoms with E-state index in [0.29, 0.717) is 35.2 Å². The van der Waals surface area contributed by atoms with Gasteiger partial charge in [0.05, 0.1) is 11.3 Å². The summed E-state index contributed by atoms with van der Waals surface area (Å²) < 4.78 is 0. The fraction of sp³-hybridized carbons (Fsp3) is 0.192. The van der Waals surface area contributed by atoms with Gasteiger partial charge in [-0.1, -0.05) is 48.5 Å². The highest BCUT2D eigenvalue weighted by Crippen LogP contribution is 2.38. The molecule has 0 saturated heterocycles. The molecule has 2 amide bonds. The Balaban J connectivity index is 1.46. The third kappa shape index (κ3) is 3.52. The number of benzene rings is 3. The van der Waals surface area contributed by atoms with Gasteiger partial charge in [0.2, 0.25) is 5.91 Å². The number of carbonyl (C=O) groups excluding carboxylic acids is 3. The van der Waals surface area contributed by atoms with Crippen molar-refractivity contribution in [1.29, 1.82) is 0 Å². The van der Waals surface area contributed by atoms with Gasteiger partial charge in [-0.15, -0.1) is 0 Å². The van der Waals surface area contributed by atoms with Gasteiger partial charge in [-0.2, -0.15) is 0 Å². The van der Waals surface area contributed by atoms with Gasteiger partial charge in [0, 0.05) is 29.8 Å². The topological polar surface area (TPSA) is 66.5 Å². The highest BCUT2D eigenvalue weighted by Gasteiger charge is 2.30. The number of ketones is 1. The molecule has 2 aliphatic heterocycles. The van der Waals surface area contributed by atoms with E-state index in [-0.39, 0.29) is 17.6 Å². The smallest absolute Gasteiger partial charge is 0.256 e. The zero-order valence-electron chi connectivity index (χ0n) is 17.1. The normalized spacial score (nSPS) is 14.7. The number of amides is 2. The molecule has 154 valence electrons. The van der Waals surface area contributed by atoms with Crippen molar-refractivity contribution in [3.05, 3.63) is 94.5 Å². The second-order valence-electron chi connectivity index (χ2n) is 7.99. The van der Waals surface area contributed by atoms with Crippen molar-refractivity contribution in [2.75, 3.05) is 16.8 Å². The summed E-state index contributed by atoms with van der Waals surface area (Å²) in [6.07, 6.45) is 2.99. The lowest BCUT2D eigenvalue weighted by Crippen LogP contribution is -2.39. The van der Waals surface area contributed by atoms with Gasteiger partial charge in [0.1, 0.15) is 0 Å². The number of nitrogens with zero attached hydrogens (tertiary/aromatic N) is 1. The molecule has 1 N–H and O–H groups in total. The molecule has 2 aliphatic rings. The quantitative estimate of drug-likeness (QED) is 0.649. The monoisotopic (exact) mass is 410 g/mol. The van der Waals surface area contributed by atoms with Gasteiger partial charge >= 0.3 is 0 Å². The highest BCUT2D eigenvalue weighted by atomic mass is 16.2. The Morgan fingerprint density at radius 3 is 2.26 bits per heavy atom. The molecule has 5 heteroatoms. The number of hydrogen-bond acceptors (Lipinski definition) is 3. The minimum absolute atomic E-state index is 0.179. The third-order valence-electron chi connectivity index (χ3n) is 5.98. The first-order chi connectivity index (χ1) is 15.1. The molecule has 0 bridgehead atoms. The van der Waals surface area contributed by atoms with Crippen molar-refractivity contribution in [1.82, 2.24) is 0 Å². The molecule has 5 nitrogen and oxygen atoms in total. The first-order valence-corrected chi connectivity index (χ1v) is 10.6. The van der Waals surface area contributed by atoms with Crippen LogP contribution in [0.2, 0.25) is 0 Å². The van der Waals surface area contributed by atoms with Gasteiger partial charge in [-0.3, -0.25) is 14.4 Å². The predicted octanol–water partition coefficient (Wildman–Crippen LogP) is 4.40. The summed E-state index contributed by atoms with van der Waals surface area (Å²) in [7, 11) is 0. The molecule has 0 fully saturated rings. The molecular weight excluding hydrogens is 388 g/mol. The summed E-state index contributed by atoms with van der Waals surface area (Å²) in [4.78, 5) is 40.3. The maximum Gasteiger partial charge on any atom is 0.256 e. The van der Waals surface area contributed by atoms with Crippen LogP contribution < -0.4 is 10.2 Å². The van der Waals surface area contributed by atoms with Crippen molar-refractivity contribution >= 4 is 29.0 Å². The number of carbonyl (C=O) groups is 3. The van der Waals surface area contributed by atoms with Gasteiger partial charge in [-0.25, -0.2) is 0 Å². The zero-order valence-corrected chi connectivity index (χ0v) is 17.1. The highest BCUT2D eigenvalue weighted by molar-refractivity contribution is 6.17. The largest absolute Gasteiger partial charge is 0.322 e. The van der Waals surface area contributed by atoms with Gasteiger partial charge in [-0.05, 0) is 48.6 Å².